The van der Waals surface area contributed by atoms with Gasteiger partial charge in [-0.1, -0.05) is 91.0 Å². The molecule has 0 bridgehead atoms. The molecule has 0 amide bonds. The number of nitrogens with one attached hydrogen (secondary N) is 1. The second-order valence-electron chi connectivity index (χ2n) is 9.16. The van der Waals surface area contributed by atoms with E-state index in [2.05, 4.69) is 4.74 Å². The molecule has 1 heterocycles. The zero-order chi connectivity index (χ0) is 27.5. The van der Waals surface area contributed by atoms with E-state index >= 15 is 0 Å². The average molecular weight is 531 g/mol. The van der Waals surface area contributed by atoms with Crippen molar-refractivity contribution in [3.05, 3.63) is 119 Å². The third-order valence-corrected chi connectivity index (χ3v) is 6.31. The van der Waals surface area contributed by atoms with E-state index in [0.29, 0.717) is 13.2 Å². The molecule has 4 atom stereocenters. The van der Waals surface area contributed by atoms with Crippen LogP contribution in [0.2, 0.25) is 0 Å². The summed E-state index contributed by atoms with van der Waals surface area (Å²) >= 11 is 0. The number of nitrogens with two attached hydrogens (primary N) is 1. The molecule has 0 spiro atoms. The van der Waals surface area contributed by atoms with Crippen molar-refractivity contribution in [3.8, 4) is 0 Å². The highest BCUT2D eigenvalue weighted by Gasteiger charge is 2.48. The standard InChI is InChI=1S/C31H34N2O6/c1-35-31(34)26(33)17-25(32)28-30(38-20-24-15-9-4-10-16-24)29(37-19-23-13-7-3-8-14-23)27(39-28)21-36-18-22-11-5-2-6-12-22/h2-17,27-30,32H,18-21,33H2,1H3/b26-17-,32-25?/t27-,28+,29-,30+/m1/s1. The van der Waals surface area contributed by atoms with E-state index in [-0.39, 0.29) is 24.6 Å². The van der Waals surface area contributed by atoms with Crippen molar-refractivity contribution in [1.29, 1.82) is 5.41 Å². The van der Waals surface area contributed by atoms with E-state index in [4.69, 9.17) is 30.1 Å². The van der Waals surface area contributed by atoms with Gasteiger partial charge in [-0.3, -0.25) is 0 Å². The van der Waals surface area contributed by atoms with Gasteiger partial charge >= 0.3 is 5.97 Å². The number of hydrogen-bond donors (Lipinski definition) is 2. The number of carbonyl (C=O) groups is 1. The Bertz CT molecular complexity index is 1220. The summed E-state index contributed by atoms with van der Waals surface area (Å²) in [5, 5.41) is 8.72. The summed E-state index contributed by atoms with van der Waals surface area (Å²) in [5.74, 6) is -0.723. The van der Waals surface area contributed by atoms with Crippen molar-refractivity contribution >= 4 is 11.7 Å². The van der Waals surface area contributed by atoms with E-state index in [0.717, 1.165) is 16.7 Å². The Kier molecular flexibility index (Phi) is 10.4. The number of rotatable bonds is 13. The Morgan fingerprint density at radius 1 is 0.821 bits per heavy atom. The summed E-state index contributed by atoms with van der Waals surface area (Å²) in [6, 6.07) is 29.4. The number of esters is 1. The first kappa shape index (κ1) is 28.2. The van der Waals surface area contributed by atoms with Gasteiger partial charge in [0.2, 0.25) is 0 Å². The molecule has 0 unspecified atom stereocenters. The average Bonchev–Trinajstić information content (AvgIpc) is 3.33. The first-order chi connectivity index (χ1) is 19.0. The van der Waals surface area contributed by atoms with Crippen LogP contribution in [0.4, 0.5) is 0 Å². The van der Waals surface area contributed by atoms with Crippen LogP contribution in [0.3, 0.4) is 0 Å². The summed E-state index contributed by atoms with van der Waals surface area (Å²) in [7, 11) is 1.23. The molecular weight excluding hydrogens is 496 g/mol. The number of hydrogen-bond acceptors (Lipinski definition) is 8. The van der Waals surface area contributed by atoms with Gasteiger partial charge in [0.05, 0.1) is 39.2 Å². The van der Waals surface area contributed by atoms with Crippen LogP contribution in [-0.2, 0) is 48.3 Å². The molecule has 8 heteroatoms. The van der Waals surface area contributed by atoms with Gasteiger partial charge in [-0.15, -0.1) is 0 Å². The molecular formula is C31H34N2O6. The summed E-state index contributed by atoms with van der Waals surface area (Å²) in [5.41, 5.74) is 8.64. The molecule has 1 fully saturated rings. The van der Waals surface area contributed by atoms with Crippen molar-refractivity contribution in [2.75, 3.05) is 13.7 Å². The van der Waals surface area contributed by atoms with Crippen LogP contribution in [0.1, 0.15) is 16.7 Å². The maximum absolute atomic E-state index is 11.9. The predicted octanol–water partition coefficient (Wildman–Crippen LogP) is 4.18. The van der Waals surface area contributed by atoms with Gasteiger partial charge in [0, 0.05) is 0 Å². The second-order valence-corrected chi connectivity index (χ2v) is 9.16. The Balaban J connectivity index is 1.56. The van der Waals surface area contributed by atoms with Crippen LogP contribution in [0.5, 0.6) is 0 Å². The Hall–Kier alpha value is -3.82. The van der Waals surface area contributed by atoms with Crippen LogP contribution in [0.15, 0.2) is 103 Å². The van der Waals surface area contributed by atoms with Crippen molar-refractivity contribution in [1.82, 2.24) is 0 Å². The lowest BCUT2D eigenvalue weighted by Crippen LogP contribution is -2.41. The van der Waals surface area contributed by atoms with Crippen molar-refractivity contribution in [2.24, 2.45) is 5.73 Å². The second kappa shape index (κ2) is 14.4. The quantitative estimate of drug-likeness (QED) is 0.194. The third kappa shape index (κ3) is 8.08. The lowest BCUT2D eigenvalue weighted by atomic mass is 10.0. The molecule has 3 N–H and O–H groups in total. The molecule has 1 aliphatic heterocycles. The molecule has 0 aromatic heterocycles. The largest absolute Gasteiger partial charge is 0.464 e. The molecule has 8 nitrogen and oxygen atoms in total. The van der Waals surface area contributed by atoms with Gasteiger partial charge in [0.15, 0.2) is 0 Å². The van der Waals surface area contributed by atoms with Crippen molar-refractivity contribution in [3.63, 3.8) is 0 Å². The minimum atomic E-state index is -0.844. The van der Waals surface area contributed by atoms with Gasteiger partial charge in [0.1, 0.15) is 30.1 Å². The zero-order valence-corrected chi connectivity index (χ0v) is 21.9. The predicted molar refractivity (Wildman–Crippen MR) is 147 cm³/mol. The maximum Gasteiger partial charge on any atom is 0.353 e. The SMILES string of the molecule is COC(=O)/C(N)=C/C(=N)[C@@H]1O[C@H](COCc2ccccc2)[C@@H](OCc2ccccc2)[C@H]1OCc1ccccc1. The van der Waals surface area contributed by atoms with Gasteiger partial charge in [-0.2, -0.15) is 0 Å². The highest BCUT2D eigenvalue weighted by molar-refractivity contribution is 6.03. The van der Waals surface area contributed by atoms with Crippen molar-refractivity contribution < 1.29 is 28.5 Å². The highest BCUT2D eigenvalue weighted by Crippen LogP contribution is 2.30. The number of ether oxygens (including phenoxy) is 5. The van der Waals surface area contributed by atoms with Crippen LogP contribution in [0, 0.1) is 5.41 Å². The van der Waals surface area contributed by atoms with Crippen LogP contribution in [-0.4, -0.2) is 49.8 Å². The smallest absolute Gasteiger partial charge is 0.353 e. The molecule has 4 rings (SSSR count). The van der Waals surface area contributed by atoms with Gasteiger partial charge in [0.25, 0.3) is 0 Å². The summed E-state index contributed by atoms with van der Waals surface area (Å²) in [6.45, 7) is 1.24. The fourth-order valence-corrected chi connectivity index (χ4v) is 4.32. The maximum atomic E-state index is 11.9. The monoisotopic (exact) mass is 530 g/mol. The lowest BCUT2D eigenvalue weighted by Gasteiger charge is -2.25. The van der Waals surface area contributed by atoms with E-state index in [1.165, 1.54) is 13.2 Å². The first-order valence-electron chi connectivity index (χ1n) is 12.8. The zero-order valence-electron chi connectivity index (χ0n) is 21.9. The Morgan fingerprint density at radius 2 is 1.31 bits per heavy atom. The topological polar surface area (TPSA) is 113 Å². The molecule has 3 aromatic rings. The van der Waals surface area contributed by atoms with E-state index in [1.807, 2.05) is 91.0 Å². The highest BCUT2D eigenvalue weighted by atomic mass is 16.6. The van der Waals surface area contributed by atoms with E-state index < -0.39 is 30.4 Å². The summed E-state index contributed by atoms with van der Waals surface area (Å²) in [4.78, 5) is 11.9. The Labute approximate surface area is 228 Å². The number of methoxy groups -OCH3 is 1. The molecule has 204 valence electrons. The number of carbonyl (C=O) groups excluding carboxylic acids is 1. The van der Waals surface area contributed by atoms with Gasteiger partial charge in [-0.05, 0) is 22.8 Å². The van der Waals surface area contributed by atoms with Crippen LogP contribution in [0.25, 0.3) is 0 Å². The van der Waals surface area contributed by atoms with Crippen LogP contribution < -0.4 is 5.73 Å². The molecule has 0 aliphatic carbocycles. The summed E-state index contributed by atoms with van der Waals surface area (Å²) in [6.07, 6.45) is -1.34. The Morgan fingerprint density at radius 3 is 1.82 bits per heavy atom. The minimum Gasteiger partial charge on any atom is -0.464 e. The summed E-state index contributed by atoms with van der Waals surface area (Å²) < 4.78 is 29.8. The van der Waals surface area contributed by atoms with Gasteiger partial charge < -0.3 is 34.8 Å². The first-order valence-corrected chi connectivity index (χ1v) is 12.8. The van der Waals surface area contributed by atoms with Gasteiger partial charge in [-0.25, -0.2) is 4.79 Å². The molecule has 3 aromatic carbocycles. The molecule has 0 radical (unpaired) electrons. The molecule has 0 saturated carbocycles. The fraction of sp³-hybridized carbons (Fsp3) is 0.290. The van der Waals surface area contributed by atoms with Crippen LogP contribution >= 0.6 is 0 Å². The van der Waals surface area contributed by atoms with Crippen molar-refractivity contribution in [2.45, 2.75) is 44.2 Å². The molecule has 1 saturated heterocycles. The molecule has 1 aliphatic rings. The minimum absolute atomic E-state index is 0.0187. The molecule has 39 heavy (non-hydrogen) atoms. The third-order valence-electron chi connectivity index (χ3n) is 6.31. The van der Waals surface area contributed by atoms with E-state index in [1.54, 1.807) is 0 Å². The van der Waals surface area contributed by atoms with E-state index in [9.17, 15) is 4.79 Å². The number of benzene rings is 3. The fourth-order valence-electron chi connectivity index (χ4n) is 4.32. The lowest BCUT2D eigenvalue weighted by molar-refractivity contribution is -0.136. The normalized spacial score (nSPS) is 21.0.